The van der Waals surface area contributed by atoms with Gasteiger partial charge in [0.2, 0.25) is 17.7 Å². The number of hydrogen-bond donors (Lipinski definition) is 3. The van der Waals surface area contributed by atoms with Gasteiger partial charge in [0, 0.05) is 33.6 Å². The van der Waals surface area contributed by atoms with Crippen LogP contribution in [0.4, 0.5) is 0 Å². The van der Waals surface area contributed by atoms with Gasteiger partial charge in [0.05, 0.1) is 12.5 Å². The summed E-state index contributed by atoms with van der Waals surface area (Å²) in [6.07, 6.45) is 1.26. The fourth-order valence-corrected chi connectivity index (χ4v) is 4.28. The summed E-state index contributed by atoms with van der Waals surface area (Å²) < 4.78 is 10.3. The predicted octanol–water partition coefficient (Wildman–Crippen LogP) is 3.18. The summed E-state index contributed by atoms with van der Waals surface area (Å²) in [5.74, 6) is -1.63. The van der Waals surface area contributed by atoms with Crippen LogP contribution in [-0.4, -0.2) is 57.4 Å². The van der Waals surface area contributed by atoms with E-state index >= 15 is 0 Å². The van der Waals surface area contributed by atoms with Crippen molar-refractivity contribution in [3.8, 4) is 0 Å². The maximum atomic E-state index is 13.7. The van der Waals surface area contributed by atoms with Crippen molar-refractivity contribution < 1.29 is 23.9 Å². The van der Waals surface area contributed by atoms with Gasteiger partial charge in [-0.05, 0) is 23.1 Å². The van der Waals surface area contributed by atoms with E-state index in [9.17, 15) is 14.4 Å². The average molecular weight is 532 g/mol. The Balaban J connectivity index is 1.67. The van der Waals surface area contributed by atoms with E-state index in [1.54, 1.807) is 14.2 Å². The van der Waals surface area contributed by atoms with Crippen molar-refractivity contribution in [1.29, 1.82) is 0 Å². The van der Waals surface area contributed by atoms with Gasteiger partial charge in [0.15, 0.2) is 6.29 Å². The second-order valence-electron chi connectivity index (χ2n) is 9.12. The molecule has 0 bridgehead atoms. The maximum Gasteiger partial charge on any atom is 0.243 e. The molecule has 0 aliphatic heterocycles. The summed E-state index contributed by atoms with van der Waals surface area (Å²) in [6, 6.07) is 27.5. The quantitative estimate of drug-likeness (QED) is 0.206. The van der Waals surface area contributed by atoms with Gasteiger partial charge in [-0.3, -0.25) is 14.4 Å². The number of methoxy groups -OCH3 is 2. The summed E-state index contributed by atoms with van der Waals surface area (Å²) in [6.45, 7) is 0.233. The zero-order valence-electron chi connectivity index (χ0n) is 22.5. The average Bonchev–Trinajstić information content (AvgIpc) is 2.97. The molecule has 39 heavy (non-hydrogen) atoms. The Bertz CT molecular complexity index is 1120. The molecule has 0 fully saturated rings. The van der Waals surface area contributed by atoms with E-state index in [1.165, 1.54) is 0 Å². The van der Waals surface area contributed by atoms with Crippen LogP contribution < -0.4 is 16.0 Å². The van der Waals surface area contributed by atoms with Crippen molar-refractivity contribution in [3.05, 3.63) is 108 Å². The Kier molecular flexibility index (Phi) is 12.2. The standard InChI is InChI=1S/C31H37N3O5/c1-38-28(39-2)19-12-20-32-27(35)22-33-30(36)26(21-23-13-6-3-7-14-23)34-31(37)29(24-15-8-4-9-16-24)25-17-10-5-11-18-25/h3-11,13-18,26,28-29H,12,19-22H2,1-2H3,(H,32,35)(H,33,36)(H,34,37)/t26-/m0/s1. The lowest BCUT2D eigenvalue weighted by Gasteiger charge is -2.23. The number of amides is 3. The Hall–Kier alpha value is -4.01. The minimum atomic E-state index is -0.869. The third-order valence-electron chi connectivity index (χ3n) is 6.33. The number of hydrogen-bond acceptors (Lipinski definition) is 5. The van der Waals surface area contributed by atoms with Crippen LogP contribution in [-0.2, 0) is 30.3 Å². The molecule has 0 saturated heterocycles. The predicted molar refractivity (Wildman–Crippen MR) is 150 cm³/mol. The van der Waals surface area contributed by atoms with Crippen molar-refractivity contribution >= 4 is 17.7 Å². The normalized spacial score (nSPS) is 11.7. The Morgan fingerprint density at radius 2 is 1.26 bits per heavy atom. The van der Waals surface area contributed by atoms with E-state index in [1.807, 2.05) is 91.0 Å². The molecule has 3 N–H and O–H groups in total. The molecule has 0 aliphatic carbocycles. The van der Waals surface area contributed by atoms with E-state index < -0.39 is 17.9 Å². The molecule has 0 saturated carbocycles. The topological polar surface area (TPSA) is 106 Å². The van der Waals surface area contributed by atoms with Crippen LogP contribution in [0.3, 0.4) is 0 Å². The van der Waals surface area contributed by atoms with Crippen LogP contribution in [0, 0.1) is 0 Å². The van der Waals surface area contributed by atoms with Gasteiger partial charge in [-0.15, -0.1) is 0 Å². The number of ether oxygens (including phenoxy) is 2. The summed E-state index contributed by atoms with van der Waals surface area (Å²) >= 11 is 0. The molecule has 8 heteroatoms. The van der Waals surface area contributed by atoms with Crippen molar-refractivity contribution in [2.45, 2.75) is 37.5 Å². The first-order chi connectivity index (χ1) is 19.0. The Morgan fingerprint density at radius 1 is 0.718 bits per heavy atom. The maximum absolute atomic E-state index is 13.7. The van der Waals surface area contributed by atoms with Crippen LogP contribution in [0.15, 0.2) is 91.0 Å². The van der Waals surface area contributed by atoms with Gasteiger partial charge >= 0.3 is 0 Å². The Morgan fingerprint density at radius 3 is 1.79 bits per heavy atom. The highest BCUT2D eigenvalue weighted by Gasteiger charge is 2.28. The van der Waals surface area contributed by atoms with Crippen LogP contribution in [0.25, 0.3) is 0 Å². The molecule has 3 rings (SSSR count). The second-order valence-corrected chi connectivity index (χ2v) is 9.12. The number of carbonyl (C=O) groups excluding carboxylic acids is 3. The van der Waals surface area contributed by atoms with E-state index in [2.05, 4.69) is 16.0 Å². The molecule has 8 nitrogen and oxygen atoms in total. The van der Waals surface area contributed by atoms with Gasteiger partial charge < -0.3 is 25.4 Å². The highest BCUT2D eigenvalue weighted by atomic mass is 16.7. The fraction of sp³-hybridized carbons (Fsp3) is 0.323. The molecule has 0 aliphatic rings. The molecule has 0 unspecified atom stereocenters. The van der Waals surface area contributed by atoms with E-state index in [0.717, 1.165) is 16.7 Å². The summed E-state index contributed by atoms with van der Waals surface area (Å²) in [7, 11) is 3.13. The lowest BCUT2D eigenvalue weighted by atomic mass is 9.90. The zero-order valence-corrected chi connectivity index (χ0v) is 22.5. The highest BCUT2D eigenvalue weighted by Crippen LogP contribution is 2.25. The Labute approximate surface area is 230 Å². The highest BCUT2D eigenvalue weighted by molar-refractivity contribution is 5.93. The first-order valence-corrected chi connectivity index (χ1v) is 13.1. The molecule has 0 radical (unpaired) electrons. The molecular weight excluding hydrogens is 494 g/mol. The third-order valence-corrected chi connectivity index (χ3v) is 6.33. The molecule has 0 spiro atoms. The second kappa shape index (κ2) is 16.1. The monoisotopic (exact) mass is 531 g/mol. The van der Waals surface area contributed by atoms with Crippen molar-refractivity contribution in [2.75, 3.05) is 27.3 Å². The molecule has 3 aromatic carbocycles. The first kappa shape index (κ1) is 29.5. The summed E-state index contributed by atoms with van der Waals surface area (Å²) in [4.78, 5) is 39.3. The molecular formula is C31H37N3O5. The van der Waals surface area contributed by atoms with Crippen molar-refractivity contribution in [2.24, 2.45) is 0 Å². The first-order valence-electron chi connectivity index (χ1n) is 13.1. The summed E-state index contributed by atoms with van der Waals surface area (Å²) in [5.41, 5.74) is 2.54. The minimum absolute atomic E-state index is 0.196. The van der Waals surface area contributed by atoms with Crippen molar-refractivity contribution in [3.63, 3.8) is 0 Å². The third kappa shape index (κ3) is 9.67. The van der Waals surface area contributed by atoms with E-state index in [-0.39, 0.29) is 31.1 Å². The molecule has 0 aromatic heterocycles. The van der Waals surface area contributed by atoms with Gasteiger partial charge in [0.1, 0.15) is 6.04 Å². The number of carbonyl (C=O) groups is 3. The van der Waals surface area contributed by atoms with Gasteiger partial charge in [0.25, 0.3) is 0 Å². The number of benzene rings is 3. The van der Waals surface area contributed by atoms with Crippen LogP contribution in [0.5, 0.6) is 0 Å². The molecule has 3 amide bonds. The molecule has 3 aromatic rings. The summed E-state index contributed by atoms with van der Waals surface area (Å²) in [5, 5.41) is 8.42. The molecule has 0 heterocycles. The number of rotatable bonds is 15. The van der Waals surface area contributed by atoms with Crippen LogP contribution in [0.1, 0.15) is 35.4 Å². The van der Waals surface area contributed by atoms with Gasteiger partial charge in [-0.2, -0.15) is 0 Å². The smallest absolute Gasteiger partial charge is 0.243 e. The lowest BCUT2D eigenvalue weighted by molar-refractivity contribution is -0.130. The van der Waals surface area contributed by atoms with Crippen LogP contribution in [0.2, 0.25) is 0 Å². The van der Waals surface area contributed by atoms with Crippen molar-refractivity contribution in [1.82, 2.24) is 16.0 Å². The van der Waals surface area contributed by atoms with Gasteiger partial charge in [-0.1, -0.05) is 91.0 Å². The zero-order chi connectivity index (χ0) is 27.9. The number of nitrogens with one attached hydrogen (secondary N) is 3. The molecule has 206 valence electrons. The largest absolute Gasteiger partial charge is 0.356 e. The fourth-order valence-electron chi connectivity index (χ4n) is 4.28. The van der Waals surface area contributed by atoms with E-state index in [4.69, 9.17) is 9.47 Å². The minimum Gasteiger partial charge on any atom is -0.356 e. The van der Waals surface area contributed by atoms with Crippen LogP contribution >= 0.6 is 0 Å². The van der Waals surface area contributed by atoms with Gasteiger partial charge in [-0.25, -0.2) is 0 Å². The molecule has 1 atom stereocenters. The lowest BCUT2D eigenvalue weighted by Crippen LogP contribution is -2.51. The SMILES string of the molecule is COC(CCCNC(=O)CNC(=O)[C@H](Cc1ccccc1)NC(=O)C(c1ccccc1)c1ccccc1)OC. The van der Waals surface area contributed by atoms with E-state index in [0.29, 0.717) is 19.4 Å².